The van der Waals surface area contributed by atoms with Crippen LogP contribution in [0.15, 0.2) is 60.8 Å². The summed E-state index contributed by atoms with van der Waals surface area (Å²) in [5.41, 5.74) is 4.37. The van der Waals surface area contributed by atoms with Crippen molar-refractivity contribution in [1.82, 2.24) is 9.47 Å². The summed E-state index contributed by atoms with van der Waals surface area (Å²) >= 11 is 0. The molecule has 4 heteroatoms. The highest BCUT2D eigenvalue weighted by molar-refractivity contribution is 5.38. The van der Waals surface area contributed by atoms with Crippen molar-refractivity contribution in [2.45, 2.75) is 32.5 Å². The van der Waals surface area contributed by atoms with Gasteiger partial charge in [-0.3, -0.25) is 4.90 Å². The molecule has 1 aliphatic heterocycles. The fourth-order valence-corrected chi connectivity index (χ4v) is 3.95. The summed E-state index contributed by atoms with van der Waals surface area (Å²) in [4.78, 5) is 2.39. The lowest BCUT2D eigenvalue weighted by Gasteiger charge is -2.31. The van der Waals surface area contributed by atoms with Crippen molar-refractivity contribution in [2.24, 2.45) is 0 Å². The first kappa shape index (κ1) is 16.7. The Hall–Kier alpha value is -2.72. The zero-order valence-corrected chi connectivity index (χ0v) is 15.0. The molecule has 134 valence electrons. The molecule has 0 unspecified atom stereocenters. The zero-order valence-electron chi connectivity index (χ0n) is 15.0. The van der Waals surface area contributed by atoms with Crippen LogP contribution in [0.1, 0.15) is 34.8 Å². The van der Waals surface area contributed by atoms with Crippen LogP contribution in [0.25, 0.3) is 0 Å². The van der Waals surface area contributed by atoms with Crippen LogP contribution in [0.2, 0.25) is 0 Å². The summed E-state index contributed by atoms with van der Waals surface area (Å²) in [5.74, 6) is 0.619. The Kier molecular flexibility index (Phi) is 4.43. The van der Waals surface area contributed by atoms with Crippen molar-refractivity contribution in [3.63, 3.8) is 0 Å². The average molecular weight is 348 g/mol. The molecular weight excluding hydrogens is 324 g/mol. The Morgan fingerprint density at radius 3 is 2.73 bits per heavy atom. The summed E-state index contributed by atoms with van der Waals surface area (Å²) in [5, 5.41) is 20.3. The molecule has 1 atom stereocenters. The summed E-state index contributed by atoms with van der Waals surface area (Å²) in [7, 11) is 0. The Labute approximate surface area is 153 Å². The number of aryl methyl sites for hydroxylation is 2. The minimum Gasteiger partial charge on any atom is -0.508 e. The van der Waals surface area contributed by atoms with E-state index >= 15 is 0 Å². The molecule has 3 aromatic rings. The van der Waals surface area contributed by atoms with Gasteiger partial charge in [0.1, 0.15) is 11.5 Å². The first-order valence-electron chi connectivity index (χ1n) is 9.08. The number of hydrogen-bond acceptors (Lipinski definition) is 3. The van der Waals surface area contributed by atoms with E-state index in [-0.39, 0.29) is 11.8 Å². The first-order chi connectivity index (χ1) is 12.6. The van der Waals surface area contributed by atoms with Gasteiger partial charge in [0.25, 0.3) is 0 Å². The monoisotopic (exact) mass is 348 g/mol. The highest BCUT2D eigenvalue weighted by Gasteiger charge is 2.28. The normalized spacial score (nSPS) is 17.7. The van der Waals surface area contributed by atoms with Crippen LogP contribution in [0.3, 0.4) is 0 Å². The predicted molar refractivity (Wildman–Crippen MR) is 102 cm³/mol. The molecule has 0 spiro atoms. The maximum Gasteiger partial charge on any atom is 0.120 e. The number of phenols is 2. The number of hydrogen-bond donors (Lipinski definition) is 2. The maximum absolute atomic E-state index is 10.3. The van der Waals surface area contributed by atoms with Crippen molar-refractivity contribution in [2.75, 3.05) is 6.54 Å². The summed E-state index contributed by atoms with van der Waals surface area (Å²) < 4.78 is 2.30. The number of benzene rings is 2. The Bertz CT molecular complexity index is 916. The fraction of sp³-hybridized carbons (Fsp3) is 0.273. The van der Waals surface area contributed by atoms with Gasteiger partial charge in [-0.15, -0.1) is 0 Å². The van der Waals surface area contributed by atoms with Gasteiger partial charge >= 0.3 is 0 Å². The highest BCUT2D eigenvalue weighted by Crippen LogP contribution is 2.35. The SMILES string of the molecule is Cc1ccc(O)c(CN2CCCn3cccc3[C@H]2c2cccc(O)c2)c1. The first-order valence-corrected chi connectivity index (χ1v) is 9.08. The number of fused-ring (bicyclic) bond motifs is 1. The van der Waals surface area contributed by atoms with Crippen molar-refractivity contribution >= 4 is 0 Å². The predicted octanol–water partition coefficient (Wildman–Crippen LogP) is 4.20. The van der Waals surface area contributed by atoms with Crippen LogP contribution in [-0.4, -0.2) is 26.2 Å². The molecule has 26 heavy (non-hydrogen) atoms. The molecule has 2 N–H and O–H groups in total. The van der Waals surface area contributed by atoms with E-state index in [1.807, 2.05) is 25.1 Å². The number of phenolic OH excluding ortho intramolecular Hbond substituents is 2. The molecule has 0 aliphatic carbocycles. The van der Waals surface area contributed by atoms with E-state index in [4.69, 9.17) is 0 Å². The van der Waals surface area contributed by atoms with Gasteiger partial charge < -0.3 is 14.8 Å². The summed E-state index contributed by atoms with van der Waals surface area (Å²) in [6.45, 7) is 4.62. The van der Waals surface area contributed by atoms with Gasteiger partial charge in [0, 0.05) is 37.1 Å². The second-order valence-electron chi connectivity index (χ2n) is 7.08. The lowest BCUT2D eigenvalue weighted by atomic mass is 10.00. The molecule has 0 saturated carbocycles. The van der Waals surface area contributed by atoms with Crippen molar-refractivity contribution in [3.05, 3.63) is 83.2 Å². The molecule has 1 aromatic heterocycles. The molecule has 2 heterocycles. The standard InChI is InChI=1S/C22H24N2O2/c1-16-8-9-21(26)18(13-16)15-24-12-4-11-23-10-3-7-20(23)22(24)17-5-2-6-19(25)14-17/h2-3,5-10,13-14,22,25-26H,4,11-12,15H2,1H3/t22-/m1/s1. The van der Waals surface area contributed by atoms with Crippen molar-refractivity contribution in [3.8, 4) is 11.5 Å². The van der Waals surface area contributed by atoms with Crippen LogP contribution in [0, 0.1) is 6.92 Å². The topological polar surface area (TPSA) is 48.6 Å². The lowest BCUT2D eigenvalue weighted by molar-refractivity contribution is 0.217. The van der Waals surface area contributed by atoms with Crippen LogP contribution in [0.4, 0.5) is 0 Å². The Morgan fingerprint density at radius 1 is 1.00 bits per heavy atom. The van der Waals surface area contributed by atoms with E-state index in [9.17, 15) is 10.2 Å². The molecule has 0 amide bonds. The van der Waals surface area contributed by atoms with E-state index in [1.165, 1.54) is 5.69 Å². The summed E-state index contributed by atoms with van der Waals surface area (Å²) in [6.07, 6.45) is 3.17. The zero-order chi connectivity index (χ0) is 18.1. The molecular formula is C22H24N2O2. The summed E-state index contributed by atoms with van der Waals surface area (Å²) in [6, 6.07) is 17.5. The molecule has 0 saturated heterocycles. The smallest absolute Gasteiger partial charge is 0.120 e. The van der Waals surface area contributed by atoms with E-state index in [0.29, 0.717) is 12.3 Å². The third kappa shape index (κ3) is 3.20. The van der Waals surface area contributed by atoms with Gasteiger partial charge in [-0.1, -0.05) is 29.8 Å². The van der Waals surface area contributed by atoms with Crippen molar-refractivity contribution < 1.29 is 10.2 Å². The van der Waals surface area contributed by atoms with E-state index in [2.05, 4.69) is 39.9 Å². The van der Waals surface area contributed by atoms with E-state index in [1.54, 1.807) is 12.1 Å². The van der Waals surface area contributed by atoms with Gasteiger partial charge in [0.15, 0.2) is 0 Å². The van der Waals surface area contributed by atoms with Gasteiger partial charge in [0.2, 0.25) is 0 Å². The van der Waals surface area contributed by atoms with Gasteiger partial charge in [-0.05, 0) is 49.2 Å². The average Bonchev–Trinajstić information content (AvgIpc) is 2.99. The number of aromatic hydroxyl groups is 2. The highest BCUT2D eigenvalue weighted by atomic mass is 16.3. The number of rotatable bonds is 3. The molecule has 2 aromatic carbocycles. The molecule has 0 radical (unpaired) electrons. The van der Waals surface area contributed by atoms with Crippen LogP contribution in [-0.2, 0) is 13.1 Å². The lowest BCUT2D eigenvalue weighted by Crippen LogP contribution is -2.29. The molecule has 4 nitrogen and oxygen atoms in total. The number of aromatic nitrogens is 1. The Morgan fingerprint density at radius 2 is 1.88 bits per heavy atom. The van der Waals surface area contributed by atoms with Gasteiger partial charge in [0.05, 0.1) is 6.04 Å². The molecule has 1 aliphatic rings. The van der Waals surface area contributed by atoms with E-state index in [0.717, 1.165) is 36.2 Å². The quantitative estimate of drug-likeness (QED) is 0.746. The largest absolute Gasteiger partial charge is 0.508 e. The molecule has 4 rings (SSSR count). The third-order valence-corrected chi connectivity index (χ3v) is 5.15. The van der Waals surface area contributed by atoms with E-state index < -0.39 is 0 Å². The van der Waals surface area contributed by atoms with Gasteiger partial charge in [-0.25, -0.2) is 0 Å². The second-order valence-corrected chi connectivity index (χ2v) is 7.08. The second kappa shape index (κ2) is 6.89. The third-order valence-electron chi connectivity index (χ3n) is 5.15. The Balaban J connectivity index is 1.77. The minimum absolute atomic E-state index is 0.0412. The van der Waals surface area contributed by atoms with Crippen molar-refractivity contribution in [1.29, 1.82) is 0 Å². The van der Waals surface area contributed by atoms with Gasteiger partial charge in [-0.2, -0.15) is 0 Å². The maximum atomic E-state index is 10.3. The van der Waals surface area contributed by atoms with Crippen LogP contribution >= 0.6 is 0 Å². The van der Waals surface area contributed by atoms with Crippen LogP contribution in [0.5, 0.6) is 11.5 Å². The molecule has 0 fully saturated rings. The minimum atomic E-state index is 0.0412. The van der Waals surface area contributed by atoms with Crippen LogP contribution < -0.4 is 0 Å². The number of nitrogens with zero attached hydrogens (tertiary/aromatic N) is 2. The molecule has 0 bridgehead atoms. The fourth-order valence-electron chi connectivity index (χ4n) is 3.95.